The summed E-state index contributed by atoms with van der Waals surface area (Å²) in [5, 5.41) is 7.30. The molecular weight excluding hydrogens is 320 g/mol. The second kappa shape index (κ2) is 6.45. The van der Waals surface area contributed by atoms with Crippen molar-refractivity contribution in [2.75, 3.05) is 7.05 Å². The Balaban J connectivity index is 2.29. The van der Waals surface area contributed by atoms with Crippen LogP contribution in [0, 0.1) is 5.92 Å². The third kappa shape index (κ3) is 3.24. The van der Waals surface area contributed by atoms with Crippen molar-refractivity contribution in [3.63, 3.8) is 0 Å². The van der Waals surface area contributed by atoms with E-state index < -0.39 is 0 Å². The number of pyridine rings is 1. The lowest BCUT2D eigenvalue weighted by molar-refractivity contribution is 0.286. The Hall–Kier alpha value is -1.27. The van der Waals surface area contributed by atoms with E-state index in [2.05, 4.69) is 57.1 Å². The third-order valence-electron chi connectivity index (χ3n) is 3.40. The van der Waals surface area contributed by atoms with E-state index in [0.717, 1.165) is 4.47 Å². The first-order valence-electron chi connectivity index (χ1n) is 6.65. The smallest absolute Gasteiger partial charge is 0.231 e. The van der Waals surface area contributed by atoms with Crippen LogP contribution in [0.15, 0.2) is 27.3 Å². The van der Waals surface area contributed by atoms with Gasteiger partial charge in [-0.1, -0.05) is 19.0 Å². The number of rotatable bonds is 5. The molecule has 0 radical (unpaired) electrons. The Morgan fingerprint density at radius 2 is 2.00 bits per heavy atom. The highest BCUT2D eigenvalue weighted by Gasteiger charge is 2.27. The second-order valence-electron chi connectivity index (χ2n) is 5.17. The van der Waals surface area contributed by atoms with Crippen LogP contribution in [0.2, 0.25) is 0 Å². The van der Waals surface area contributed by atoms with Crippen LogP contribution in [-0.4, -0.2) is 28.2 Å². The molecule has 2 atom stereocenters. The molecule has 0 amide bonds. The number of hydrogen-bond donors (Lipinski definition) is 1. The van der Waals surface area contributed by atoms with Gasteiger partial charge in [0.1, 0.15) is 5.69 Å². The summed E-state index contributed by atoms with van der Waals surface area (Å²) in [6.45, 7) is 6.42. The maximum absolute atomic E-state index is 5.44. The van der Waals surface area contributed by atoms with Gasteiger partial charge in [0.05, 0.1) is 5.92 Å². The van der Waals surface area contributed by atoms with Crippen molar-refractivity contribution in [1.29, 1.82) is 0 Å². The van der Waals surface area contributed by atoms with Crippen molar-refractivity contribution >= 4 is 15.9 Å². The van der Waals surface area contributed by atoms with Crippen LogP contribution in [0.1, 0.15) is 32.6 Å². The van der Waals surface area contributed by atoms with Gasteiger partial charge in [-0.3, -0.25) is 4.98 Å². The van der Waals surface area contributed by atoms with Crippen molar-refractivity contribution < 1.29 is 4.52 Å². The molecule has 1 N–H and O–H groups in total. The Bertz CT molecular complexity index is 553. The second-order valence-corrected chi connectivity index (χ2v) is 6.08. The summed E-state index contributed by atoms with van der Waals surface area (Å²) in [6.07, 6.45) is 1.72. The van der Waals surface area contributed by atoms with Crippen molar-refractivity contribution in [2.24, 2.45) is 5.92 Å². The predicted octanol–water partition coefficient (Wildman–Crippen LogP) is 3.24. The monoisotopic (exact) mass is 338 g/mol. The molecule has 0 aromatic carbocycles. The fourth-order valence-corrected chi connectivity index (χ4v) is 2.47. The van der Waals surface area contributed by atoms with Crippen LogP contribution in [0.3, 0.4) is 0 Å². The average Bonchev–Trinajstić information content (AvgIpc) is 2.88. The zero-order valence-corrected chi connectivity index (χ0v) is 13.7. The summed E-state index contributed by atoms with van der Waals surface area (Å²) in [7, 11) is 1.94. The molecule has 0 saturated carbocycles. The minimum Gasteiger partial charge on any atom is -0.339 e. The normalized spacial score (nSPS) is 14.5. The molecule has 20 heavy (non-hydrogen) atoms. The van der Waals surface area contributed by atoms with Crippen LogP contribution in [0.25, 0.3) is 11.5 Å². The van der Waals surface area contributed by atoms with E-state index in [1.165, 1.54) is 0 Å². The van der Waals surface area contributed by atoms with Crippen LogP contribution >= 0.6 is 15.9 Å². The van der Waals surface area contributed by atoms with Gasteiger partial charge in [-0.25, -0.2) is 0 Å². The molecular formula is C14H19BrN4O. The molecule has 0 aliphatic rings. The van der Waals surface area contributed by atoms with E-state index in [1.54, 1.807) is 6.20 Å². The molecule has 0 saturated heterocycles. The fourth-order valence-electron chi connectivity index (χ4n) is 2.24. The quantitative estimate of drug-likeness (QED) is 0.906. The standard InChI is InChI=1S/C14H19BrN4O/c1-8(2)12(9(3)16-4)14-18-13(19-20-14)11-6-5-10(15)7-17-11/h5-9,12,16H,1-4H3. The SMILES string of the molecule is CNC(C)C(c1nc(-c2ccc(Br)cn2)no1)C(C)C. The van der Waals surface area contributed by atoms with E-state index in [4.69, 9.17) is 4.52 Å². The third-order valence-corrected chi connectivity index (χ3v) is 3.86. The number of halogens is 1. The largest absolute Gasteiger partial charge is 0.339 e. The first kappa shape index (κ1) is 15.1. The summed E-state index contributed by atoms with van der Waals surface area (Å²) in [6, 6.07) is 4.04. The number of aromatic nitrogens is 3. The van der Waals surface area contributed by atoms with Gasteiger partial charge in [-0.05, 0) is 48.0 Å². The fraction of sp³-hybridized carbons (Fsp3) is 0.500. The number of hydrogen-bond acceptors (Lipinski definition) is 5. The Labute approximate surface area is 127 Å². The highest BCUT2D eigenvalue weighted by Crippen LogP contribution is 2.28. The lowest BCUT2D eigenvalue weighted by Crippen LogP contribution is -2.32. The average molecular weight is 339 g/mol. The molecule has 108 valence electrons. The number of nitrogens with zero attached hydrogens (tertiary/aromatic N) is 3. The Kier molecular flexibility index (Phi) is 4.88. The van der Waals surface area contributed by atoms with Crippen LogP contribution in [-0.2, 0) is 0 Å². The molecule has 2 rings (SSSR count). The van der Waals surface area contributed by atoms with Crippen molar-refractivity contribution in [3.05, 3.63) is 28.7 Å². The van der Waals surface area contributed by atoms with Gasteiger partial charge >= 0.3 is 0 Å². The molecule has 5 nitrogen and oxygen atoms in total. The van der Waals surface area contributed by atoms with Crippen LogP contribution < -0.4 is 5.32 Å². The molecule has 2 aromatic heterocycles. The van der Waals surface area contributed by atoms with Gasteiger partial charge in [-0.2, -0.15) is 4.98 Å². The summed E-state index contributed by atoms with van der Waals surface area (Å²) in [4.78, 5) is 8.79. The molecule has 6 heteroatoms. The van der Waals surface area contributed by atoms with E-state index in [0.29, 0.717) is 23.3 Å². The lowest BCUT2D eigenvalue weighted by Gasteiger charge is -2.23. The molecule has 0 aliphatic carbocycles. The van der Waals surface area contributed by atoms with Crippen LogP contribution in [0.5, 0.6) is 0 Å². The van der Waals surface area contributed by atoms with Gasteiger partial charge < -0.3 is 9.84 Å². The molecule has 0 aliphatic heterocycles. The Morgan fingerprint density at radius 1 is 1.25 bits per heavy atom. The van der Waals surface area contributed by atoms with E-state index in [1.807, 2.05) is 19.2 Å². The first-order valence-corrected chi connectivity index (χ1v) is 7.45. The molecule has 0 spiro atoms. The highest BCUT2D eigenvalue weighted by molar-refractivity contribution is 9.10. The summed E-state index contributed by atoms with van der Waals surface area (Å²) in [5.41, 5.74) is 0.711. The summed E-state index contributed by atoms with van der Waals surface area (Å²) < 4.78 is 6.37. The molecule has 0 bridgehead atoms. The molecule has 2 heterocycles. The van der Waals surface area contributed by atoms with Gasteiger partial charge in [0.2, 0.25) is 11.7 Å². The minimum atomic E-state index is 0.177. The number of nitrogens with one attached hydrogen (secondary N) is 1. The van der Waals surface area contributed by atoms with Gasteiger partial charge in [-0.15, -0.1) is 0 Å². The van der Waals surface area contributed by atoms with Crippen molar-refractivity contribution in [1.82, 2.24) is 20.4 Å². The molecule has 2 unspecified atom stereocenters. The van der Waals surface area contributed by atoms with Gasteiger partial charge in [0.15, 0.2) is 0 Å². The maximum Gasteiger partial charge on any atom is 0.231 e. The van der Waals surface area contributed by atoms with E-state index >= 15 is 0 Å². The Morgan fingerprint density at radius 3 is 2.55 bits per heavy atom. The summed E-state index contributed by atoms with van der Waals surface area (Å²) in [5.74, 6) is 1.77. The maximum atomic E-state index is 5.44. The predicted molar refractivity (Wildman–Crippen MR) is 81.3 cm³/mol. The van der Waals surface area contributed by atoms with Gasteiger partial charge in [0, 0.05) is 16.7 Å². The highest BCUT2D eigenvalue weighted by atomic mass is 79.9. The van der Waals surface area contributed by atoms with Crippen LogP contribution in [0.4, 0.5) is 0 Å². The molecule has 0 fully saturated rings. The van der Waals surface area contributed by atoms with E-state index in [9.17, 15) is 0 Å². The van der Waals surface area contributed by atoms with Gasteiger partial charge in [0.25, 0.3) is 0 Å². The van der Waals surface area contributed by atoms with Crippen molar-refractivity contribution in [2.45, 2.75) is 32.7 Å². The lowest BCUT2D eigenvalue weighted by atomic mass is 9.89. The molecule has 2 aromatic rings. The summed E-state index contributed by atoms with van der Waals surface area (Å²) >= 11 is 3.36. The number of likely N-dealkylation sites (N-methyl/N-ethyl adjacent to an activating group) is 1. The first-order chi connectivity index (χ1) is 9.52. The van der Waals surface area contributed by atoms with E-state index in [-0.39, 0.29) is 12.0 Å². The van der Waals surface area contributed by atoms with Crippen molar-refractivity contribution in [3.8, 4) is 11.5 Å². The minimum absolute atomic E-state index is 0.177. The zero-order chi connectivity index (χ0) is 14.7. The topological polar surface area (TPSA) is 63.8 Å². The zero-order valence-electron chi connectivity index (χ0n) is 12.1.